The number of benzene rings is 2. The number of rotatable bonds is 4. The number of nitrogens with one attached hydrogen (secondary N) is 2. The summed E-state index contributed by atoms with van der Waals surface area (Å²) in [7, 11) is 0. The van der Waals surface area contributed by atoms with Crippen molar-refractivity contribution in [2.24, 2.45) is 0 Å². The summed E-state index contributed by atoms with van der Waals surface area (Å²) < 4.78 is 28.5. The molecule has 5 aromatic rings. The van der Waals surface area contributed by atoms with E-state index in [4.69, 9.17) is 0 Å². The number of anilines is 1. The second-order valence-electron chi connectivity index (χ2n) is 6.29. The predicted octanol–water partition coefficient (Wildman–Crippen LogP) is 3.58. The van der Waals surface area contributed by atoms with Crippen LogP contribution < -0.4 is 5.32 Å². The number of imidazole rings is 1. The van der Waals surface area contributed by atoms with Crippen LogP contribution in [0, 0.1) is 11.6 Å². The molecule has 7 nitrogen and oxygen atoms in total. The van der Waals surface area contributed by atoms with E-state index in [0.717, 1.165) is 22.7 Å². The van der Waals surface area contributed by atoms with Crippen molar-refractivity contribution >= 4 is 28.0 Å². The Labute approximate surface area is 157 Å². The van der Waals surface area contributed by atoms with Gasteiger partial charge < -0.3 is 5.32 Å². The highest BCUT2D eigenvalue weighted by molar-refractivity contribution is 5.81. The fraction of sp³-hybridized carbons (Fsp3) is 0.0526. The molecule has 0 fully saturated rings. The van der Waals surface area contributed by atoms with Crippen molar-refractivity contribution in [3.63, 3.8) is 0 Å². The first-order valence-corrected chi connectivity index (χ1v) is 8.48. The average molecular weight is 377 g/mol. The zero-order valence-electron chi connectivity index (χ0n) is 14.4. The van der Waals surface area contributed by atoms with E-state index >= 15 is 0 Å². The monoisotopic (exact) mass is 377 g/mol. The summed E-state index contributed by atoms with van der Waals surface area (Å²) in [5.41, 5.74) is 3.48. The van der Waals surface area contributed by atoms with Crippen LogP contribution in [-0.4, -0.2) is 29.7 Å². The Kier molecular flexibility index (Phi) is 3.71. The molecule has 0 amide bonds. The molecular weight excluding hydrogens is 364 g/mol. The fourth-order valence-corrected chi connectivity index (χ4v) is 3.05. The molecular formula is C19H13F2N7. The van der Waals surface area contributed by atoms with E-state index in [2.05, 4.69) is 30.5 Å². The lowest BCUT2D eigenvalue weighted by Gasteiger charge is -2.07. The Bertz CT molecular complexity index is 1290. The van der Waals surface area contributed by atoms with Crippen LogP contribution in [-0.2, 0) is 6.54 Å². The molecule has 0 aliphatic carbocycles. The SMILES string of the molecule is Fc1cc(F)cc(CNc2ncc3ncn(-c4ccc5cn[nH]c5c4)c3n2)c1. The maximum Gasteiger partial charge on any atom is 0.225 e. The highest BCUT2D eigenvalue weighted by Gasteiger charge is 2.10. The number of aromatic amines is 1. The standard InChI is InChI=1S/C19H13F2N7/c20-13-3-11(4-14(21)5-13)7-22-19-23-9-17-18(26-19)28(10-24-17)15-2-1-12-8-25-27-16(12)6-15/h1-6,8-10H,7H2,(H,25,27)(H,22,23,26). The fourth-order valence-electron chi connectivity index (χ4n) is 3.05. The molecule has 0 bridgehead atoms. The third-order valence-electron chi connectivity index (χ3n) is 4.37. The predicted molar refractivity (Wildman–Crippen MR) is 100.0 cm³/mol. The second-order valence-corrected chi connectivity index (χ2v) is 6.29. The smallest absolute Gasteiger partial charge is 0.225 e. The summed E-state index contributed by atoms with van der Waals surface area (Å²) in [6, 6.07) is 9.22. The topological polar surface area (TPSA) is 84.3 Å². The third-order valence-corrected chi connectivity index (χ3v) is 4.37. The minimum absolute atomic E-state index is 0.189. The van der Waals surface area contributed by atoms with Crippen molar-refractivity contribution in [3.05, 3.63) is 72.3 Å². The van der Waals surface area contributed by atoms with E-state index < -0.39 is 11.6 Å². The average Bonchev–Trinajstić information content (AvgIpc) is 3.31. The molecule has 9 heteroatoms. The van der Waals surface area contributed by atoms with E-state index in [9.17, 15) is 8.78 Å². The maximum absolute atomic E-state index is 13.3. The van der Waals surface area contributed by atoms with E-state index in [1.54, 1.807) is 18.7 Å². The van der Waals surface area contributed by atoms with Gasteiger partial charge in [-0.1, -0.05) is 0 Å². The van der Waals surface area contributed by atoms with Gasteiger partial charge in [0.15, 0.2) is 5.65 Å². The van der Waals surface area contributed by atoms with E-state index in [1.807, 2.05) is 22.8 Å². The molecule has 0 saturated heterocycles. The zero-order chi connectivity index (χ0) is 19.1. The third kappa shape index (κ3) is 2.92. The van der Waals surface area contributed by atoms with Gasteiger partial charge in [0.25, 0.3) is 0 Å². The number of H-pyrrole nitrogens is 1. The first kappa shape index (κ1) is 16.3. The molecule has 0 spiro atoms. The Morgan fingerprint density at radius 3 is 2.71 bits per heavy atom. The number of fused-ring (bicyclic) bond motifs is 2. The van der Waals surface area contributed by atoms with Gasteiger partial charge in [-0.2, -0.15) is 10.1 Å². The van der Waals surface area contributed by atoms with Gasteiger partial charge in [0.1, 0.15) is 23.5 Å². The second kappa shape index (κ2) is 6.38. The van der Waals surface area contributed by atoms with Crippen LogP contribution in [0.3, 0.4) is 0 Å². The zero-order valence-corrected chi connectivity index (χ0v) is 14.4. The first-order chi connectivity index (χ1) is 13.7. The van der Waals surface area contributed by atoms with Gasteiger partial charge in [0, 0.05) is 18.0 Å². The molecule has 0 aliphatic heterocycles. The lowest BCUT2D eigenvalue weighted by Crippen LogP contribution is -2.05. The molecule has 2 aromatic carbocycles. The van der Waals surface area contributed by atoms with Crippen molar-refractivity contribution < 1.29 is 8.78 Å². The largest absolute Gasteiger partial charge is 0.350 e. The molecule has 5 rings (SSSR count). The van der Waals surface area contributed by atoms with Crippen LogP contribution in [0.25, 0.3) is 27.8 Å². The summed E-state index contributed by atoms with van der Waals surface area (Å²) in [5, 5.41) is 11.0. The molecule has 2 N–H and O–H groups in total. The number of hydrogen-bond donors (Lipinski definition) is 2. The Morgan fingerprint density at radius 1 is 1.00 bits per heavy atom. The van der Waals surface area contributed by atoms with Gasteiger partial charge in [-0.25, -0.2) is 18.7 Å². The van der Waals surface area contributed by atoms with Crippen molar-refractivity contribution in [1.29, 1.82) is 0 Å². The summed E-state index contributed by atoms with van der Waals surface area (Å²) in [6.45, 7) is 0.189. The Morgan fingerprint density at radius 2 is 1.86 bits per heavy atom. The van der Waals surface area contributed by atoms with Gasteiger partial charge in [-0.3, -0.25) is 9.67 Å². The van der Waals surface area contributed by atoms with E-state index in [1.165, 1.54) is 12.1 Å². The number of hydrogen-bond acceptors (Lipinski definition) is 5. The van der Waals surface area contributed by atoms with Crippen molar-refractivity contribution in [1.82, 2.24) is 29.7 Å². The quantitative estimate of drug-likeness (QED) is 0.500. The highest BCUT2D eigenvalue weighted by atomic mass is 19.1. The first-order valence-electron chi connectivity index (χ1n) is 8.48. The number of halogens is 2. The Hall–Kier alpha value is -3.88. The van der Waals surface area contributed by atoms with Crippen LogP contribution in [0.1, 0.15) is 5.56 Å². The van der Waals surface area contributed by atoms with E-state index in [-0.39, 0.29) is 6.54 Å². The van der Waals surface area contributed by atoms with Crippen molar-refractivity contribution in [2.45, 2.75) is 6.54 Å². The summed E-state index contributed by atoms with van der Waals surface area (Å²) >= 11 is 0. The van der Waals surface area contributed by atoms with Gasteiger partial charge in [-0.05, 0) is 35.9 Å². The molecule has 0 radical (unpaired) electrons. The Balaban J connectivity index is 1.47. The number of aromatic nitrogens is 6. The van der Waals surface area contributed by atoms with Crippen molar-refractivity contribution in [3.8, 4) is 5.69 Å². The van der Waals surface area contributed by atoms with Gasteiger partial charge in [0.05, 0.1) is 23.6 Å². The minimum atomic E-state index is -0.625. The lowest BCUT2D eigenvalue weighted by atomic mass is 10.2. The van der Waals surface area contributed by atoms with Crippen LogP contribution >= 0.6 is 0 Å². The summed E-state index contributed by atoms with van der Waals surface area (Å²) in [5.74, 6) is -0.914. The van der Waals surface area contributed by atoms with Crippen LogP contribution in [0.2, 0.25) is 0 Å². The number of nitrogens with zero attached hydrogens (tertiary/aromatic N) is 5. The molecule has 0 unspecified atom stereocenters. The summed E-state index contributed by atoms with van der Waals surface area (Å²) in [6.07, 6.45) is 5.02. The molecule has 3 heterocycles. The minimum Gasteiger partial charge on any atom is -0.350 e. The van der Waals surface area contributed by atoms with Gasteiger partial charge >= 0.3 is 0 Å². The van der Waals surface area contributed by atoms with Gasteiger partial charge in [0.2, 0.25) is 5.95 Å². The van der Waals surface area contributed by atoms with Crippen molar-refractivity contribution in [2.75, 3.05) is 5.32 Å². The van der Waals surface area contributed by atoms with Crippen LogP contribution in [0.4, 0.5) is 14.7 Å². The molecule has 0 atom stereocenters. The molecule has 0 aliphatic rings. The maximum atomic E-state index is 13.3. The highest BCUT2D eigenvalue weighted by Crippen LogP contribution is 2.21. The molecule has 28 heavy (non-hydrogen) atoms. The summed E-state index contributed by atoms with van der Waals surface area (Å²) in [4.78, 5) is 13.0. The normalized spacial score (nSPS) is 11.4. The van der Waals surface area contributed by atoms with E-state index in [0.29, 0.717) is 22.7 Å². The lowest BCUT2D eigenvalue weighted by molar-refractivity contribution is 0.580. The molecule has 0 saturated carbocycles. The van der Waals surface area contributed by atoms with Crippen LogP contribution in [0.5, 0.6) is 0 Å². The molecule has 3 aromatic heterocycles. The van der Waals surface area contributed by atoms with Crippen LogP contribution in [0.15, 0.2) is 55.1 Å². The molecule has 138 valence electrons. The van der Waals surface area contributed by atoms with Gasteiger partial charge in [-0.15, -0.1) is 0 Å².